The highest BCUT2D eigenvalue weighted by Crippen LogP contribution is 2.02. The quantitative estimate of drug-likeness (QED) is 0.405. The summed E-state index contributed by atoms with van der Waals surface area (Å²) < 4.78 is 22.8. The smallest absolute Gasteiger partial charge is 0.309 e. The van der Waals surface area contributed by atoms with Crippen molar-refractivity contribution >= 4 is 17.4 Å². The Morgan fingerprint density at radius 2 is 1.40 bits per heavy atom. The lowest BCUT2D eigenvalue weighted by Crippen LogP contribution is -2.18. The van der Waals surface area contributed by atoms with E-state index in [-0.39, 0.29) is 0 Å². The van der Waals surface area contributed by atoms with E-state index in [9.17, 15) is 0 Å². The van der Waals surface area contributed by atoms with Crippen LogP contribution in [0.15, 0.2) is 30.3 Å². The fourth-order valence-electron chi connectivity index (χ4n) is 0.428. The summed E-state index contributed by atoms with van der Waals surface area (Å²) in [6.07, 6.45) is 0. The van der Waals surface area contributed by atoms with Crippen LogP contribution in [-0.2, 0) is 11.4 Å². The van der Waals surface area contributed by atoms with Gasteiger partial charge in [0.1, 0.15) is 5.75 Å². The first-order valence-corrected chi connectivity index (χ1v) is 4.51. The fraction of sp³-hybridized carbons (Fsp3) is 0. The second-order valence-electron chi connectivity index (χ2n) is 1.97. The molecule has 1 aromatic rings. The third kappa shape index (κ3) is 32.8. The Balaban J connectivity index is 0. The number of carbonyl (C=O) groups is 1. The van der Waals surface area contributed by atoms with Crippen LogP contribution in [0.2, 0.25) is 0 Å². The number of rotatable bonds is 0. The minimum atomic E-state index is -2.61. The largest absolute Gasteiger partial charge is 0.508 e. The first-order valence-electron chi connectivity index (χ1n) is 3.45. The van der Waals surface area contributed by atoms with Gasteiger partial charge >= 0.3 is 6.03 Å². The molecule has 0 aliphatic carbocycles. The molecule has 7 N–H and O–H groups in total. The lowest BCUT2D eigenvalue weighted by molar-refractivity contribution is 0.256. The number of aromatic hydroxyl groups is 1. The van der Waals surface area contributed by atoms with Gasteiger partial charge in [0.25, 0.3) is 11.4 Å². The van der Waals surface area contributed by atoms with Crippen molar-refractivity contribution in [3.05, 3.63) is 30.3 Å². The first-order chi connectivity index (χ1) is 6.86. The Bertz CT molecular complexity index is 273. The van der Waals surface area contributed by atoms with Crippen LogP contribution in [0.25, 0.3) is 0 Å². The van der Waals surface area contributed by atoms with Crippen LogP contribution in [-0.4, -0.2) is 24.5 Å². The number of primary amides is 2. The normalized spacial score (nSPS) is 7.93. The third-order valence-electron chi connectivity index (χ3n) is 0.756. The van der Waals surface area contributed by atoms with E-state index in [2.05, 4.69) is 11.5 Å². The van der Waals surface area contributed by atoms with Crippen LogP contribution in [0.4, 0.5) is 4.79 Å². The Hall–Kier alpha value is -1.64. The number of hydrogen-bond donors (Lipinski definition) is 5. The van der Waals surface area contributed by atoms with Gasteiger partial charge < -0.3 is 16.6 Å². The number of hydrogen-bond acceptors (Lipinski definition) is 3. The highest BCUT2D eigenvalue weighted by molar-refractivity contribution is 7.73. The summed E-state index contributed by atoms with van der Waals surface area (Å²) in [6.45, 7) is 0. The number of urea groups is 1. The standard InChI is InChI=1S/C6H6O.CH4N2O.H2O3S/c7-6-4-2-1-3-5-6;2-1(3)4;1-4(2)3/h1-5,7H;(H4,2,3,4);(H2,1,2,3). The van der Waals surface area contributed by atoms with Crippen molar-refractivity contribution in [3.63, 3.8) is 0 Å². The minimum absolute atomic E-state index is 0.322. The molecule has 0 radical (unpaired) electrons. The number of para-hydroxylation sites is 1. The van der Waals surface area contributed by atoms with Gasteiger partial charge in [0.2, 0.25) is 0 Å². The van der Waals surface area contributed by atoms with Crippen molar-refractivity contribution in [2.75, 3.05) is 0 Å². The van der Waals surface area contributed by atoms with Gasteiger partial charge in [-0.3, -0.25) is 9.11 Å². The van der Waals surface area contributed by atoms with Crippen molar-refractivity contribution < 1.29 is 23.2 Å². The lowest BCUT2D eigenvalue weighted by Gasteiger charge is -1.82. The number of benzene rings is 1. The zero-order chi connectivity index (χ0) is 12.3. The summed E-state index contributed by atoms with van der Waals surface area (Å²) in [4.78, 5) is 9.00. The molecule has 86 valence electrons. The molecule has 15 heavy (non-hydrogen) atoms. The van der Waals surface area contributed by atoms with Gasteiger partial charge in [-0.1, -0.05) is 18.2 Å². The van der Waals surface area contributed by atoms with Crippen molar-refractivity contribution in [2.45, 2.75) is 0 Å². The van der Waals surface area contributed by atoms with E-state index in [0.29, 0.717) is 5.75 Å². The summed E-state index contributed by atoms with van der Waals surface area (Å²) >= 11 is -2.61. The van der Waals surface area contributed by atoms with Crippen LogP contribution in [0.5, 0.6) is 5.75 Å². The molecule has 0 spiro atoms. The second kappa shape index (κ2) is 10.4. The van der Waals surface area contributed by atoms with Gasteiger partial charge in [0.05, 0.1) is 0 Å². The van der Waals surface area contributed by atoms with E-state index in [1.807, 2.05) is 6.07 Å². The highest BCUT2D eigenvalue weighted by atomic mass is 32.2. The first kappa shape index (κ1) is 15.8. The summed E-state index contributed by atoms with van der Waals surface area (Å²) in [5.74, 6) is 0.322. The zero-order valence-electron chi connectivity index (χ0n) is 7.61. The number of nitrogens with two attached hydrogens (primary N) is 2. The van der Waals surface area contributed by atoms with Gasteiger partial charge in [-0.2, -0.15) is 4.21 Å². The minimum Gasteiger partial charge on any atom is -0.508 e. The number of phenols is 1. The third-order valence-corrected chi connectivity index (χ3v) is 0.756. The van der Waals surface area contributed by atoms with E-state index >= 15 is 0 Å². The van der Waals surface area contributed by atoms with Crippen molar-refractivity contribution in [2.24, 2.45) is 11.5 Å². The summed E-state index contributed by atoms with van der Waals surface area (Å²) in [7, 11) is 0. The molecule has 0 bridgehead atoms. The molecule has 0 fully saturated rings. The summed E-state index contributed by atoms with van der Waals surface area (Å²) in [5.41, 5.74) is 8.50. The summed E-state index contributed by atoms with van der Waals surface area (Å²) in [5, 5.41) is 8.63. The van der Waals surface area contributed by atoms with Gasteiger partial charge in [-0.15, -0.1) is 0 Å². The average molecular weight is 236 g/mol. The zero-order valence-corrected chi connectivity index (χ0v) is 8.42. The molecule has 0 atom stereocenters. The molecule has 2 amide bonds. The van der Waals surface area contributed by atoms with E-state index in [1.54, 1.807) is 24.3 Å². The van der Waals surface area contributed by atoms with Crippen LogP contribution < -0.4 is 11.5 Å². The SMILES string of the molecule is NC(N)=O.O=S(O)O.Oc1ccccc1. The molecular weight excluding hydrogens is 224 g/mol. The molecular formula is C7H12N2O5S. The summed E-state index contributed by atoms with van der Waals surface area (Å²) in [6, 6.07) is 7.88. The Morgan fingerprint density at radius 1 is 1.13 bits per heavy atom. The van der Waals surface area contributed by atoms with Crippen LogP contribution in [0.1, 0.15) is 0 Å². The van der Waals surface area contributed by atoms with E-state index in [0.717, 1.165) is 0 Å². The lowest BCUT2D eigenvalue weighted by atomic mass is 10.3. The molecule has 0 saturated carbocycles. The van der Waals surface area contributed by atoms with Crippen molar-refractivity contribution in [1.29, 1.82) is 0 Å². The fourth-order valence-corrected chi connectivity index (χ4v) is 0.428. The molecule has 0 saturated heterocycles. The van der Waals surface area contributed by atoms with E-state index < -0.39 is 17.4 Å². The predicted molar refractivity (Wildman–Crippen MR) is 55.3 cm³/mol. The van der Waals surface area contributed by atoms with Crippen LogP contribution >= 0.6 is 0 Å². The molecule has 7 nitrogen and oxygen atoms in total. The average Bonchev–Trinajstić information content (AvgIpc) is 2.03. The Labute approximate surface area is 88.8 Å². The van der Waals surface area contributed by atoms with Gasteiger partial charge in [-0.05, 0) is 12.1 Å². The molecule has 1 aromatic carbocycles. The van der Waals surface area contributed by atoms with Crippen LogP contribution in [0.3, 0.4) is 0 Å². The number of amides is 2. The molecule has 1 rings (SSSR count). The molecule has 0 unspecified atom stereocenters. The molecule has 0 aliphatic rings. The number of carbonyl (C=O) groups excluding carboxylic acids is 1. The second-order valence-corrected chi connectivity index (χ2v) is 2.43. The Morgan fingerprint density at radius 3 is 1.53 bits per heavy atom. The maximum absolute atomic E-state index is 9.00. The predicted octanol–water partition coefficient (Wildman–Crippen LogP) is 0.0971. The molecule has 0 aliphatic heterocycles. The maximum Gasteiger partial charge on any atom is 0.309 e. The monoisotopic (exact) mass is 236 g/mol. The van der Waals surface area contributed by atoms with E-state index in [1.165, 1.54) is 0 Å². The van der Waals surface area contributed by atoms with Crippen molar-refractivity contribution in [3.8, 4) is 5.75 Å². The molecule has 0 heterocycles. The molecule has 0 aromatic heterocycles. The van der Waals surface area contributed by atoms with Gasteiger partial charge in [-0.25, -0.2) is 4.79 Å². The highest BCUT2D eigenvalue weighted by Gasteiger charge is 1.74. The van der Waals surface area contributed by atoms with Crippen molar-refractivity contribution in [1.82, 2.24) is 0 Å². The van der Waals surface area contributed by atoms with Crippen LogP contribution in [0, 0.1) is 0 Å². The topological polar surface area (TPSA) is 147 Å². The molecule has 8 heteroatoms. The van der Waals surface area contributed by atoms with Gasteiger partial charge in [0, 0.05) is 0 Å². The maximum atomic E-state index is 9.00. The van der Waals surface area contributed by atoms with Gasteiger partial charge in [0.15, 0.2) is 0 Å². The van der Waals surface area contributed by atoms with E-state index in [4.69, 9.17) is 23.2 Å². The number of phenolic OH excluding ortho intramolecular Hbond substituents is 1. The Kier molecular flexibility index (Phi) is 11.0.